The number of rotatable bonds is 4. The zero-order valence-electron chi connectivity index (χ0n) is 14.2. The number of carbonyl (C=O) groups excluding carboxylic acids is 2. The van der Waals surface area contributed by atoms with Gasteiger partial charge in [0, 0.05) is 31.0 Å². The summed E-state index contributed by atoms with van der Waals surface area (Å²) in [7, 11) is 0. The summed E-state index contributed by atoms with van der Waals surface area (Å²) in [5.74, 6) is 0.633. The lowest BCUT2D eigenvalue weighted by molar-refractivity contribution is -0.124. The molecule has 7 heteroatoms. The molecule has 7 nitrogen and oxygen atoms in total. The Kier molecular flexibility index (Phi) is 4.53. The number of hydrogen-bond acceptors (Lipinski definition) is 5. The van der Waals surface area contributed by atoms with Crippen molar-refractivity contribution >= 4 is 23.2 Å². The summed E-state index contributed by atoms with van der Waals surface area (Å²) >= 11 is 0. The molecule has 1 fully saturated rings. The van der Waals surface area contributed by atoms with Crippen LogP contribution >= 0.6 is 0 Å². The molecule has 1 aromatic carbocycles. The highest BCUT2D eigenvalue weighted by Gasteiger charge is 2.24. The normalized spacial score (nSPS) is 18.8. The van der Waals surface area contributed by atoms with Crippen molar-refractivity contribution in [3.05, 3.63) is 42.1 Å². The maximum Gasteiger partial charge on any atom is 0.253 e. The van der Waals surface area contributed by atoms with E-state index in [-0.39, 0.29) is 11.8 Å². The van der Waals surface area contributed by atoms with Crippen molar-refractivity contribution in [3.8, 4) is 11.6 Å². The number of nitrogens with zero attached hydrogens (tertiary/aromatic N) is 1. The van der Waals surface area contributed by atoms with E-state index < -0.39 is 6.10 Å². The van der Waals surface area contributed by atoms with E-state index in [9.17, 15) is 9.59 Å². The average molecular weight is 353 g/mol. The number of amides is 2. The van der Waals surface area contributed by atoms with Crippen LogP contribution in [0.25, 0.3) is 0 Å². The zero-order valence-corrected chi connectivity index (χ0v) is 14.2. The van der Waals surface area contributed by atoms with Crippen molar-refractivity contribution in [2.45, 2.75) is 31.8 Å². The molecule has 1 atom stereocenters. The number of hydrogen-bond donors (Lipinski definition) is 2. The number of ether oxygens (including phenoxy) is 2. The number of fused-ring (bicyclic) bond motifs is 1. The first kappa shape index (κ1) is 16.5. The van der Waals surface area contributed by atoms with Gasteiger partial charge in [-0.25, -0.2) is 4.98 Å². The third-order valence-corrected chi connectivity index (χ3v) is 4.44. The monoisotopic (exact) mass is 353 g/mol. The molecule has 2 amide bonds. The van der Waals surface area contributed by atoms with E-state index in [1.165, 1.54) is 0 Å². The van der Waals surface area contributed by atoms with Crippen LogP contribution in [0.5, 0.6) is 11.6 Å². The van der Waals surface area contributed by atoms with E-state index in [0.717, 1.165) is 17.7 Å². The Hall–Kier alpha value is -2.93. The molecule has 1 aromatic heterocycles. The summed E-state index contributed by atoms with van der Waals surface area (Å²) < 4.78 is 11.3. The van der Waals surface area contributed by atoms with E-state index >= 15 is 0 Å². The molecule has 4 rings (SSSR count). The van der Waals surface area contributed by atoms with E-state index in [4.69, 9.17) is 9.47 Å². The van der Waals surface area contributed by atoms with Gasteiger partial charge in [0.05, 0.1) is 0 Å². The minimum Gasteiger partial charge on any atom is -0.437 e. The number of pyridine rings is 1. The van der Waals surface area contributed by atoms with Gasteiger partial charge in [-0.3, -0.25) is 9.59 Å². The highest BCUT2D eigenvalue weighted by molar-refractivity contribution is 5.95. The smallest absolute Gasteiger partial charge is 0.253 e. The molecule has 134 valence electrons. The Labute approximate surface area is 150 Å². The van der Waals surface area contributed by atoms with Crippen LogP contribution < -0.4 is 15.4 Å². The van der Waals surface area contributed by atoms with E-state index in [2.05, 4.69) is 15.6 Å². The number of benzene rings is 1. The second kappa shape index (κ2) is 7.13. The molecule has 2 aliphatic heterocycles. The molecule has 2 aromatic rings. The molecule has 2 N–H and O–H groups in total. The van der Waals surface area contributed by atoms with Crippen molar-refractivity contribution < 1.29 is 19.1 Å². The summed E-state index contributed by atoms with van der Waals surface area (Å²) in [5, 5.41) is 5.67. The fraction of sp³-hybridized carbons (Fsp3) is 0.316. The van der Waals surface area contributed by atoms with Gasteiger partial charge < -0.3 is 20.1 Å². The van der Waals surface area contributed by atoms with Gasteiger partial charge in [-0.2, -0.15) is 0 Å². The van der Waals surface area contributed by atoms with Crippen LogP contribution in [0.2, 0.25) is 0 Å². The van der Waals surface area contributed by atoms with Crippen molar-refractivity contribution in [2.24, 2.45) is 0 Å². The first-order chi connectivity index (χ1) is 12.7. The largest absolute Gasteiger partial charge is 0.437 e. The summed E-state index contributed by atoms with van der Waals surface area (Å²) in [4.78, 5) is 28.1. The lowest BCUT2D eigenvalue weighted by Crippen LogP contribution is -2.27. The van der Waals surface area contributed by atoms with Gasteiger partial charge >= 0.3 is 0 Å². The molecule has 0 bridgehead atoms. The van der Waals surface area contributed by atoms with Gasteiger partial charge in [0.2, 0.25) is 11.8 Å². The first-order valence-corrected chi connectivity index (χ1v) is 8.67. The van der Waals surface area contributed by atoms with Gasteiger partial charge in [0.25, 0.3) is 5.91 Å². The number of aromatic nitrogens is 1. The Balaban J connectivity index is 1.52. The zero-order chi connectivity index (χ0) is 17.9. The quantitative estimate of drug-likeness (QED) is 0.882. The molecule has 0 spiro atoms. The highest BCUT2D eigenvalue weighted by atomic mass is 16.5. The first-order valence-electron chi connectivity index (χ1n) is 8.67. The Morgan fingerprint density at radius 3 is 3.08 bits per heavy atom. The van der Waals surface area contributed by atoms with Crippen molar-refractivity contribution in [3.63, 3.8) is 0 Å². The summed E-state index contributed by atoms with van der Waals surface area (Å²) in [6.07, 6.45) is 3.97. The van der Waals surface area contributed by atoms with Crippen LogP contribution in [0.3, 0.4) is 0 Å². The van der Waals surface area contributed by atoms with Crippen molar-refractivity contribution in [2.75, 3.05) is 17.2 Å². The lowest BCUT2D eigenvalue weighted by atomic mass is 10.0. The van der Waals surface area contributed by atoms with Crippen LogP contribution in [-0.4, -0.2) is 29.5 Å². The van der Waals surface area contributed by atoms with E-state index in [1.807, 2.05) is 12.1 Å². The maximum absolute atomic E-state index is 12.3. The van der Waals surface area contributed by atoms with Crippen LogP contribution in [-0.2, 0) is 20.7 Å². The molecular weight excluding hydrogens is 334 g/mol. The number of carbonyl (C=O) groups is 2. The third kappa shape index (κ3) is 3.52. The number of anilines is 2. The number of aryl methyl sites for hydroxylation is 1. The van der Waals surface area contributed by atoms with E-state index in [1.54, 1.807) is 24.4 Å². The minimum atomic E-state index is -0.429. The Morgan fingerprint density at radius 2 is 2.23 bits per heavy atom. The van der Waals surface area contributed by atoms with Gasteiger partial charge in [0.15, 0.2) is 0 Å². The molecule has 26 heavy (non-hydrogen) atoms. The molecular formula is C19H19N3O4. The molecule has 0 saturated carbocycles. The van der Waals surface area contributed by atoms with Crippen molar-refractivity contribution in [1.82, 2.24) is 4.98 Å². The molecule has 2 aliphatic rings. The summed E-state index contributed by atoms with van der Waals surface area (Å²) in [6, 6.07) is 8.99. The van der Waals surface area contributed by atoms with Crippen LogP contribution in [0, 0.1) is 0 Å². The van der Waals surface area contributed by atoms with Crippen LogP contribution in [0.15, 0.2) is 36.5 Å². The molecule has 0 unspecified atom stereocenters. The molecule has 0 radical (unpaired) electrons. The van der Waals surface area contributed by atoms with Gasteiger partial charge in [-0.1, -0.05) is 6.07 Å². The topological polar surface area (TPSA) is 89.5 Å². The third-order valence-electron chi connectivity index (χ3n) is 4.44. The Bertz CT molecular complexity index is 846. The van der Waals surface area contributed by atoms with E-state index in [0.29, 0.717) is 43.2 Å². The summed E-state index contributed by atoms with van der Waals surface area (Å²) in [5.41, 5.74) is 2.30. The number of nitrogens with one attached hydrogen (secondary N) is 2. The molecule has 0 aliphatic carbocycles. The second-order valence-electron chi connectivity index (χ2n) is 6.32. The maximum atomic E-state index is 12.3. The highest BCUT2D eigenvalue weighted by Crippen LogP contribution is 2.32. The average Bonchev–Trinajstić information content (AvgIpc) is 3.18. The second-order valence-corrected chi connectivity index (χ2v) is 6.32. The van der Waals surface area contributed by atoms with Gasteiger partial charge in [-0.15, -0.1) is 0 Å². The Morgan fingerprint density at radius 1 is 1.31 bits per heavy atom. The van der Waals surface area contributed by atoms with Crippen molar-refractivity contribution in [1.29, 1.82) is 0 Å². The standard InChI is InChI=1S/C19H19N3O4/c23-17-8-6-12-5-7-13(11-15(12)21-17)26-19-14(3-1-9-20-19)22-18(24)16-4-2-10-25-16/h1,3,5,7,9,11,16H,2,4,6,8,10H2,(H,21,23)(H,22,24)/t16-/m0/s1. The minimum absolute atomic E-state index is 0.00278. The van der Waals surface area contributed by atoms with Crippen LogP contribution in [0.4, 0.5) is 11.4 Å². The van der Waals surface area contributed by atoms with Gasteiger partial charge in [-0.05, 0) is 43.0 Å². The summed E-state index contributed by atoms with van der Waals surface area (Å²) in [6.45, 7) is 0.606. The molecule has 1 saturated heterocycles. The SMILES string of the molecule is O=C1CCc2ccc(Oc3ncccc3NC(=O)[C@@H]3CCCO3)cc2N1. The predicted molar refractivity (Wildman–Crippen MR) is 95.3 cm³/mol. The van der Waals surface area contributed by atoms with Gasteiger partial charge in [0.1, 0.15) is 17.5 Å². The van der Waals surface area contributed by atoms with Crippen LogP contribution in [0.1, 0.15) is 24.8 Å². The predicted octanol–water partition coefficient (Wildman–Crippen LogP) is 2.88. The lowest BCUT2D eigenvalue weighted by Gasteiger charge is -2.18. The molecule has 3 heterocycles. The fourth-order valence-electron chi connectivity index (χ4n) is 3.09. The fourth-order valence-corrected chi connectivity index (χ4v) is 3.09.